The van der Waals surface area contributed by atoms with Crippen molar-refractivity contribution in [3.63, 3.8) is 0 Å². The summed E-state index contributed by atoms with van der Waals surface area (Å²) in [6.07, 6.45) is 5.30. The molecule has 0 aromatic heterocycles. The minimum Gasteiger partial charge on any atom is -0.355 e. The first-order valence-corrected chi connectivity index (χ1v) is 10.6. The van der Waals surface area contributed by atoms with E-state index in [1.165, 1.54) is 6.42 Å². The van der Waals surface area contributed by atoms with Gasteiger partial charge in [-0.05, 0) is 36.0 Å². The van der Waals surface area contributed by atoms with Gasteiger partial charge in [-0.2, -0.15) is 0 Å². The van der Waals surface area contributed by atoms with Gasteiger partial charge in [0.15, 0.2) is 0 Å². The Hall–Kier alpha value is -1.40. The lowest BCUT2D eigenvalue weighted by Crippen LogP contribution is -2.38. The summed E-state index contributed by atoms with van der Waals surface area (Å²) in [4.78, 5) is 12.3. The summed E-state index contributed by atoms with van der Waals surface area (Å²) in [6.45, 7) is 6.77. The molecule has 1 aliphatic rings. The van der Waals surface area contributed by atoms with Crippen molar-refractivity contribution in [2.75, 3.05) is 13.1 Å². The van der Waals surface area contributed by atoms with E-state index in [4.69, 9.17) is 0 Å². The molecule has 0 saturated heterocycles. The minimum absolute atomic E-state index is 0.0148. The van der Waals surface area contributed by atoms with Crippen LogP contribution in [0, 0.1) is 5.92 Å². The first-order chi connectivity index (χ1) is 11.7. The predicted molar refractivity (Wildman–Crippen MR) is 99.9 cm³/mol. The molecule has 1 amide bonds. The van der Waals surface area contributed by atoms with Crippen LogP contribution >= 0.6 is 0 Å². The topological polar surface area (TPSA) is 75.3 Å². The summed E-state index contributed by atoms with van der Waals surface area (Å²) in [5.41, 5.74) is 1.07. The fourth-order valence-corrected chi connectivity index (χ4v) is 4.13. The van der Waals surface area contributed by atoms with Gasteiger partial charge in [-0.25, -0.2) is 13.1 Å². The van der Waals surface area contributed by atoms with Gasteiger partial charge in [0.25, 0.3) is 0 Å². The van der Waals surface area contributed by atoms with E-state index in [1.54, 1.807) is 12.1 Å². The highest BCUT2D eigenvalue weighted by atomic mass is 32.2. The van der Waals surface area contributed by atoms with Gasteiger partial charge < -0.3 is 5.32 Å². The Kier molecular flexibility index (Phi) is 6.63. The van der Waals surface area contributed by atoms with Crippen molar-refractivity contribution in [1.29, 1.82) is 0 Å². The molecule has 1 aromatic rings. The van der Waals surface area contributed by atoms with Crippen LogP contribution in [0.1, 0.15) is 58.4 Å². The average molecular weight is 367 g/mol. The Balaban J connectivity index is 1.82. The Morgan fingerprint density at radius 3 is 2.20 bits per heavy atom. The quantitative estimate of drug-likeness (QED) is 0.760. The van der Waals surface area contributed by atoms with E-state index in [0.717, 1.165) is 31.2 Å². The Morgan fingerprint density at radius 2 is 1.64 bits per heavy atom. The Morgan fingerprint density at radius 1 is 1.04 bits per heavy atom. The SMILES string of the molecule is CC(C)(C)c1ccc(S(=O)(=O)NCCNC(=O)C2CCCCC2)cc1. The Bertz CT molecular complexity index is 670. The van der Waals surface area contributed by atoms with E-state index in [9.17, 15) is 13.2 Å². The van der Waals surface area contributed by atoms with E-state index in [2.05, 4.69) is 30.8 Å². The zero-order valence-corrected chi connectivity index (χ0v) is 16.3. The van der Waals surface area contributed by atoms with Gasteiger partial charge in [-0.15, -0.1) is 0 Å². The second-order valence-corrected chi connectivity index (χ2v) is 9.57. The van der Waals surface area contributed by atoms with Crippen molar-refractivity contribution in [3.05, 3.63) is 29.8 Å². The van der Waals surface area contributed by atoms with Gasteiger partial charge >= 0.3 is 0 Å². The molecule has 0 bridgehead atoms. The van der Waals surface area contributed by atoms with Crippen molar-refractivity contribution >= 4 is 15.9 Å². The fourth-order valence-electron chi connectivity index (χ4n) is 3.10. The molecule has 1 saturated carbocycles. The van der Waals surface area contributed by atoms with Crippen LogP contribution in [0.2, 0.25) is 0 Å². The molecule has 2 N–H and O–H groups in total. The highest BCUT2D eigenvalue weighted by Crippen LogP contribution is 2.24. The van der Waals surface area contributed by atoms with Crippen molar-refractivity contribution in [1.82, 2.24) is 10.0 Å². The highest BCUT2D eigenvalue weighted by Gasteiger charge is 2.21. The summed E-state index contributed by atoms with van der Waals surface area (Å²) in [6, 6.07) is 6.95. The van der Waals surface area contributed by atoms with Crippen molar-refractivity contribution < 1.29 is 13.2 Å². The number of benzene rings is 1. The molecular weight excluding hydrogens is 336 g/mol. The molecule has 2 rings (SSSR count). The maximum atomic E-state index is 12.3. The molecular formula is C19H30N2O3S. The molecule has 140 valence electrons. The maximum absolute atomic E-state index is 12.3. The maximum Gasteiger partial charge on any atom is 0.240 e. The minimum atomic E-state index is -3.55. The van der Waals surface area contributed by atoms with Crippen LogP contribution in [0.3, 0.4) is 0 Å². The Labute approximate surface area is 151 Å². The normalized spacial score (nSPS) is 16.6. The molecule has 0 spiro atoms. The summed E-state index contributed by atoms with van der Waals surface area (Å²) in [7, 11) is -3.55. The van der Waals surface area contributed by atoms with E-state index in [-0.39, 0.29) is 28.7 Å². The van der Waals surface area contributed by atoms with E-state index >= 15 is 0 Å². The third-order valence-electron chi connectivity index (χ3n) is 4.72. The molecule has 0 heterocycles. The van der Waals surface area contributed by atoms with Crippen LogP contribution in [0.4, 0.5) is 0 Å². The second kappa shape index (κ2) is 8.32. The number of hydrogen-bond acceptors (Lipinski definition) is 3. The highest BCUT2D eigenvalue weighted by molar-refractivity contribution is 7.89. The van der Waals surface area contributed by atoms with Crippen molar-refractivity contribution in [2.45, 2.75) is 63.2 Å². The molecule has 6 heteroatoms. The monoisotopic (exact) mass is 366 g/mol. The predicted octanol–water partition coefficient (Wildman–Crippen LogP) is 2.96. The molecule has 1 aliphatic carbocycles. The van der Waals surface area contributed by atoms with Gasteiger partial charge in [0.2, 0.25) is 15.9 Å². The van der Waals surface area contributed by atoms with Gasteiger partial charge in [0, 0.05) is 19.0 Å². The van der Waals surface area contributed by atoms with Crippen LogP contribution in [-0.2, 0) is 20.2 Å². The molecule has 0 aliphatic heterocycles. The van der Waals surface area contributed by atoms with E-state index < -0.39 is 10.0 Å². The van der Waals surface area contributed by atoms with Gasteiger partial charge in [-0.3, -0.25) is 4.79 Å². The number of nitrogens with one attached hydrogen (secondary N) is 2. The molecule has 5 nitrogen and oxygen atoms in total. The van der Waals surface area contributed by atoms with Crippen LogP contribution in [0.5, 0.6) is 0 Å². The van der Waals surface area contributed by atoms with E-state index in [1.807, 2.05) is 12.1 Å². The van der Waals surface area contributed by atoms with Crippen molar-refractivity contribution in [2.24, 2.45) is 5.92 Å². The van der Waals surface area contributed by atoms with E-state index in [0.29, 0.717) is 6.54 Å². The van der Waals surface area contributed by atoms with Crippen LogP contribution in [0.15, 0.2) is 29.2 Å². The fraction of sp³-hybridized carbons (Fsp3) is 0.632. The van der Waals surface area contributed by atoms with Crippen molar-refractivity contribution in [3.8, 4) is 0 Å². The van der Waals surface area contributed by atoms with Gasteiger partial charge in [0.05, 0.1) is 4.90 Å². The smallest absolute Gasteiger partial charge is 0.240 e. The van der Waals surface area contributed by atoms with Crippen LogP contribution in [-0.4, -0.2) is 27.4 Å². The number of amides is 1. The third-order valence-corrected chi connectivity index (χ3v) is 6.20. The molecule has 1 fully saturated rings. The first-order valence-electron chi connectivity index (χ1n) is 9.08. The molecule has 0 atom stereocenters. The average Bonchev–Trinajstić information content (AvgIpc) is 2.58. The molecule has 25 heavy (non-hydrogen) atoms. The lowest BCUT2D eigenvalue weighted by molar-refractivity contribution is -0.125. The van der Waals surface area contributed by atoms with Crippen LogP contribution in [0.25, 0.3) is 0 Å². The standard InChI is InChI=1S/C19H30N2O3S/c1-19(2,3)16-9-11-17(12-10-16)25(23,24)21-14-13-20-18(22)15-7-5-4-6-8-15/h9-12,15,21H,4-8,13-14H2,1-3H3,(H,20,22). The molecule has 1 aromatic carbocycles. The summed E-state index contributed by atoms with van der Waals surface area (Å²) in [5, 5.41) is 2.84. The third kappa shape index (κ3) is 5.82. The van der Waals surface area contributed by atoms with Gasteiger partial charge in [-0.1, -0.05) is 52.2 Å². The zero-order valence-electron chi connectivity index (χ0n) is 15.5. The lowest BCUT2D eigenvalue weighted by atomic mass is 9.87. The first kappa shape index (κ1) is 19.9. The number of carbonyl (C=O) groups is 1. The largest absolute Gasteiger partial charge is 0.355 e. The summed E-state index contributed by atoms with van der Waals surface area (Å²) in [5.74, 6) is 0.142. The molecule has 0 unspecified atom stereocenters. The zero-order chi connectivity index (χ0) is 18.5. The number of rotatable bonds is 6. The number of carbonyl (C=O) groups excluding carboxylic acids is 1. The summed E-state index contributed by atoms with van der Waals surface area (Å²) < 4.78 is 27.2. The lowest BCUT2D eigenvalue weighted by Gasteiger charge is -2.20. The number of sulfonamides is 1. The molecule has 0 radical (unpaired) electrons. The number of hydrogen-bond donors (Lipinski definition) is 2. The second-order valence-electron chi connectivity index (χ2n) is 7.80. The van der Waals surface area contributed by atoms with Gasteiger partial charge in [0.1, 0.15) is 0 Å². The van der Waals surface area contributed by atoms with Crippen LogP contribution < -0.4 is 10.0 Å². The summed E-state index contributed by atoms with van der Waals surface area (Å²) >= 11 is 0.